The minimum Gasteiger partial charge on any atom is -0.469 e. The lowest BCUT2D eigenvalue weighted by molar-refractivity contribution is -0.145. The van der Waals surface area contributed by atoms with Crippen molar-refractivity contribution in [1.82, 2.24) is 0 Å². The van der Waals surface area contributed by atoms with E-state index in [2.05, 4.69) is 4.74 Å². The fraction of sp³-hybridized carbons (Fsp3) is 0.625. The Morgan fingerprint density at radius 3 is 2.75 bits per heavy atom. The third kappa shape index (κ3) is 2.14. The first kappa shape index (κ1) is 9.87. The van der Waals surface area contributed by atoms with E-state index in [0.29, 0.717) is 6.42 Å². The van der Waals surface area contributed by atoms with Gasteiger partial charge in [0, 0.05) is 0 Å². The molecule has 1 aliphatic carbocycles. The molecule has 0 spiro atoms. The molecule has 0 aliphatic heterocycles. The summed E-state index contributed by atoms with van der Waals surface area (Å²) in [7, 11) is 1.35. The van der Waals surface area contributed by atoms with Gasteiger partial charge in [-0.2, -0.15) is 0 Å². The van der Waals surface area contributed by atoms with E-state index in [4.69, 9.17) is 23.2 Å². The van der Waals surface area contributed by atoms with Gasteiger partial charge in [0.25, 0.3) is 0 Å². The van der Waals surface area contributed by atoms with Gasteiger partial charge in [-0.15, -0.1) is 23.2 Å². The van der Waals surface area contributed by atoms with Crippen molar-refractivity contribution in [3.8, 4) is 0 Å². The van der Waals surface area contributed by atoms with Crippen molar-refractivity contribution in [2.75, 3.05) is 7.11 Å². The Bertz CT molecular complexity index is 203. The van der Waals surface area contributed by atoms with Gasteiger partial charge < -0.3 is 4.74 Å². The largest absolute Gasteiger partial charge is 0.469 e. The fourth-order valence-electron chi connectivity index (χ4n) is 1.19. The standard InChI is InChI=1S/C8H10Cl2O2/c1-12-8(11)6-4-5(9)2-3-7(6)10/h2-3,5-7H,4H2,1H3. The molecule has 0 heterocycles. The van der Waals surface area contributed by atoms with Crippen molar-refractivity contribution >= 4 is 29.2 Å². The Balaban J connectivity index is 2.65. The van der Waals surface area contributed by atoms with E-state index in [1.54, 1.807) is 12.2 Å². The highest BCUT2D eigenvalue weighted by Crippen LogP contribution is 2.27. The molecule has 0 bridgehead atoms. The van der Waals surface area contributed by atoms with Crippen LogP contribution in [0.4, 0.5) is 0 Å². The average molecular weight is 209 g/mol. The van der Waals surface area contributed by atoms with Gasteiger partial charge in [-0.05, 0) is 6.42 Å². The van der Waals surface area contributed by atoms with E-state index in [0.717, 1.165) is 0 Å². The van der Waals surface area contributed by atoms with Gasteiger partial charge in [-0.3, -0.25) is 4.79 Å². The Morgan fingerprint density at radius 2 is 2.17 bits per heavy atom. The van der Waals surface area contributed by atoms with E-state index in [1.807, 2.05) is 0 Å². The van der Waals surface area contributed by atoms with E-state index in [9.17, 15) is 4.79 Å². The van der Waals surface area contributed by atoms with Gasteiger partial charge in [0.05, 0.1) is 23.8 Å². The predicted octanol–water partition coefficient (Wildman–Crippen LogP) is 1.95. The van der Waals surface area contributed by atoms with Gasteiger partial charge in [0.1, 0.15) is 0 Å². The van der Waals surface area contributed by atoms with Gasteiger partial charge >= 0.3 is 5.97 Å². The molecule has 0 aromatic heterocycles. The number of hydrogen-bond donors (Lipinski definition) is 0. The number of carbonyl (C=O) groups is 1. The molecule has 0 aromatic rings. The molecule has 12 heavy (non-hydrogen) atoms. The van der Waals surface area contributed by atoms with Crippen molar-refractivity contribution in [1.29, 1.82) is 0 Å². The summed E-state index contributed by atoms with van der Waals surface area (Å²) in [5.74, 6) is -0.589. The Labute approximate surface area is 81.5 Å². The highest BCUT2D eigenvalue weighted by Gasteiger charge is 2.30. The van der Waals surface area contributed by atoms with Crippen LogP contribution in [0.5, 0.6) is 0 Å². The molecular formula is C8H10Cl2O2. The van der Waals surface area contributed by atoms with Crippen molar-refractivity contribution < 1.29 is 9.53 Å². The number of alkyl halides is 2. The molecule has 2 nitrogen and oxygen atoms in total. The Kier molecular flexibility index (Phi) is 3.41. The smallest absolute Gasteiger partial charge is 0.310 e. The molecule has 0 saturated heterocycles. The van der Waals surface area contributed by atoms with Crippen LogP contribution in [0.1, 0.15) is 6.42 Å². The first-order valence-corrected chi connectivity index (χ1v) is 4.56. The number of rotatable bonds is 1. The minimum atomic E-state index is -0.302. The number of carbonyl (C=O) groups excluding carboxylic acids is 1. The van der Waals surface area contributed by atoms with Crippen LogP contribution in [-0.4, -0.2) is 23.8 Å². The summed E-state index contributed by atoms with van der Waals surface area (Å²) in [5, 5.41) is -0.392. The maximum atomic E-state index is 11.1. The maximum Gasteiger partial charge on any atom is 0.310 e. The van der Waals surface area contributed by atoms with Gasteiger partial charge in [0.2, 0.25) is 0 Å². The van der Waals surface area contributed by atoms with Crippen LogP contribution in [-0.2, 0) is 9.53 Å². The zero-order valence-corrected chi connectivity index (χ0v) is 8.18. The Morgan fingerprint density at radius 1 is 1.50 bits per heavy atom. The molecule has 4 heteroatoms. The second kappa shape index (κ2) is 4.15. The van der Waals surface area contributed by atoms with Gasteiger partial charge in [0.15, 0.2) is 0 Å². The summed E-state index contributed by atoms with van der Waals surface area (Å²) in [5.41, 5.74) is 0. The highest BCUT2D eigenvalue weighted by molar-refractivity contribution is 6.25. The van der Waals surface area contributed by atoms with Crippen LogP contribution in [0.25, 0.3) is 0 Å². The molecule has 0 aromatic carbocycles. The SMILES string of the molecule is COC(=O)C1CC(Cl)C=CC1Cl. The molecule has 0 amide bonds. The van der Waals surface area contributed by atoms with Crippen molar-refractivity contribution in [2.45, 2.75) is 17.2 Å². The van der Waals surface area contributed by atoms with E-state index in [-0.39, 0.29) is 22.6 Å². The van der Waals surface area contributed by atoms with Crippen LogP contribution < -0.4 is 0 Å². The zero-order chi connectivity index (χ0) is 9.14. The minimum absolute atomic E-state index is 0.107. The van der Waals surface area contributed by atoms with Crippen LogP contribution in [0, 0.1) is 5.92 Å². The molecule has 1 rings (SSSR count). The maximum absolute atomic E-state index is 11.1. The molecular weight excluding hydrogens is 199 g/mol. The van der Waals surface area contributed by atoms with Crippen molar-refractivity contribution in [3.63, 3.8) is 0 Å². The number of halogens is 2. The predicted molar refractivity (Wildman–Crippen MR) is 48.5 cm³/mol. The number of allylic oxidation sites excluding steroid dienone is 2. The van der Waals surface area contributed by atoms with Crippen LogP contribution in [0.15, 0.2) is 12.2 Å². The van der Waals surface area contributed by atoms with Crippen molar-refractivity contribution in [2.24, 2.45) is 5.92 Å². The number of hydrogen-bond acceptors (Lipinski definition) is 2. The topological polar surface area (TPSA) is 26.3 Å². The molecule has 0 fully saturated rings. The lowest BCUT2D eigenvalue weighted by Crippen LogP contribution is -2.29. The fourth-order valence-corrected chi connectivity index (χ4v) is 1.76. The lowest BCUT2D eigenvalue weighted by atomic mass is 9.94. The Hall–Kier alpha value is -0.210. The second-order valence-corrected chi connectivity index (χ2v) is 3.78. The van der Waals surface area contributed by atoms with Crippen molar-refractivity contribution in [3.05, 3.63) is 12.2 Å². The summed E-state index contributed by atoms with van der Waals surface area (Å²) in [4.78, 5) is 11.1. The third-order valence-electron chi connectivity index (χ3n) is 1.87. The number of esters is 1. The van der Waals surface area contributed by atoms with Crippen LogP contribution >= 0.6 is 23.2 Å². The molecule has 68 valence electrons. The van der Waals surface area contributed by atoms with Crippen LogP contribution in [0.3, 0.4) is 0 Å². The summed E-state index contributed by atoms with van der Waals surface area (Å²) >= 11 is 11.7. The summed E-state index contributed by atoms with van der Waals surface area (Å²) in [6, 6.07) is 0. The van der Waals surface area contributed by atoms with E-state index < -0.39 is 0 Å². The third-order valence-corrected chi connectivity index (χ3v) is 2.64. The molecule has 0 radical (unpaired) electrons. The number of methoxy groups -OCH3 is 1. The molecule has 3 atom stereocenters. The first-order valence-electron chi connectivity index (χ1n) is 3.69. The quantitative estimate of drug-likeness (QED) is 0.374. The van der Waals surface area contributed by atoms with E-state index in [1.165, 1.54) is 7.11 Å². The summed E-state index contributed by atoms with van der Waals surface area (Å²) in [6.07, 6.45) is 4.10. The molecule has 0 saturated carbocycles. The normalized spacial score (nSPS) is 34.8. The van der Waals surface area contributed by atoms with Gasteiger partial charge in [-0.1, -0.05) is 12.2 Å². The second-order valence-electron chi connectivity index (χ2n) is 2.71. The summed E-state index contributed by atoms with van der Waals surface area (Å²) < 4.78 is 4.59. The van der Waals surface area contributed by atoms with Gasteiger partial charge in [-0.25, -0.2) is 0 Å². The van der Waals surface area contributed by atoms with E-state index >= 15 is 0 Å². The molecule has 3 unspecified atom stereocenters. The average Bonchev–Trinajstić information content (AvgIpc) is 2.08. The molecule has 0 N–H and O–H groups in total. The first-order chi connectivity index (χ1) is 5.65. The highest BCUT2D eigenvalue weighted by atomic mass is 35.5. The number of ether oxygens (including phenoxy) is 1. The molecule has 1 aliphatic rings. The monoisotopic (exact) mass is 208 g/mol. The van der Waals surface area contributed by atoms with Crippen LogP contribution in [0.2, 0.25) is 0 Å². The summed E-state index contributed by atoms with van der Waals surface area (Å²) in [6.45, 7) is 0. The zero-order valence-electron chi connectivity index (χ0n) is 6.67. The lowest BCUT2D eigenvalue weighted by Gasteiger charge is -2.22.